The Bertz CT molecular complexity index is 518. The van der Waals surface area contributed by atoms with E-state index in [0.717, 1.165) is 18.8 Å². The number of anilines is 1. The van der Waals surface area contributed by atoms with Crippen LogP contribution in [-0.4, -0.2) is 29.5 Å². The van der Waals surface area contributed by atoms with Crippen LogP contribution in [0.5, 0.6) is 0 Å². The van der Waals surface area contributed by atoms with Crippen molar-refractivity contribution in [3.63, 3.8) is 0 Å². The van der Waals surface area contributed by atoms with Gasteiger partial charge in [-0.15, -0.1) is 0 Å². The third-order valence-corrected chi connectivity index (χ3v) is 4.47. The molecule has 118 valence electrons. The van der Waals surface area contributed by atoms with Crippen LogP contribution in [0, 0.1) is 5.92 Å². The highest BCUT2D eigenvalue weighted by molar-refractivity contribution is 6.32. The number of rotatable bonds is 5. The van der Waals surface area contributed by atoms with Crippen LogP contribution in [0.25, 0.3) is 0 Å². The van der Waals surface area contributed by atoms with Gasteiger partial charge in [0.15, 0.2) is 0 Å². The number of aromatic nitrogens is 2. The third kappa shape index (κ3) is 4.45. The van der Waals surface area contributed by atoms with Crippen LogP contribution in [0.1, 0.15) is 39.0 Å². The summed E-state index contributed by atoms with van der Waals surface area (Å²) in [6.45, 7) is 3.15. The molecule has 0 radical (unpaired) electrons. The van der Waals surface area contributed by atoms with Gasteiger partial charge in [-0.3, -0.25) is 4.79 Å². The van der Waals surface area contributed by atoms with Crippen molar-refractivity contribution in [2.24, 2.45) is 5.92 Å². The van der Waals surface area contributed by atoms with Crippen LogP contribution in [-0.2, 0) is 11.3 Å². The first kappa shape index (κ1) is 16.3. The van der Waals surface area contributed by atoms with Crippen molar-refractivity contribution in [1.29, 1.82) is 0 Å². The normalized spacial score (nSPS) is 22.8. The third-order valence-electron chi connectivity index (χ3n) is 4.11. The van der Waals surface area contributed by atoms with Gasteiger partial charge in [-0.25, -0.2) is 4.68 Å². The lowest BCUT2D eigenvalue weighted by atomic mass is 10.0. The monoisotopic (exact) mass is 313 g/mol. The zero-order valence-electron chi connectivity index (χ0n) is 12.8. The molecule has 0 amide bonds. The molecule has 1 aliphatic rings. The van der Waals surface area contributed by atoms with E-state index in [4.69, 9.17) is 16.3 Å². The fraction of sp³-hybridized carbons (Fsp3) is 0.733. The summed E-state index contributed by atoms with van der Waals surface area (Å²) in [5.74, 6) is 0.785. The van der Waals surface area contributed by atoms with Crippen LogP contribution < -0.4 is 10.9 Å². The Hall–Kier alpha value is -1.07. The van der Waals surface area contributed by atoms with Crippen molar-refractivity contribution < 1.29 is 4.74 Å². The van der Waals surface area contributed by atoms with Crippen LogP contribution in [0.4, 0.5) is 5.69 Å². The Balaban J connectivity index is 2.06. The lowest BCUT2D eigenvalue weighted by Crippen LogP contribution is -2.27. The molecule has 0 aromatic carbocycles. The van der Waals surface area contributed by atoms with E-state index in [1.165, 1.54) is 23.9 Å². The van der Waals surface area contributed by atoms with Gasteiger partial charge in [-0.1, -0.05) is 31.4 Å². The summed E-state index contributed by atoms with van der Waals surface area (Å²) in [6, 6.07) is 0.378. The van der Waals surface area contributed by atoms with Crippen LogP contribution in [0.2, 0.25) is 5.02 Å². The van der Waals surface area contributed by atoms with E-state index in [2.05, 4.69) is 17.3 Å². The number of halogens is 1. The average molecular weight is 314 g/mol. The van der Waals surface area contributed by atoms with Gasteiger partial charge in [0.05, 0.1) is 25.0 Å². The summed E-state index contributed by atoms with van der Waals surface area (Å²) < 4.78 is 6.30. The molecular formula is C15H24ClN3O2. The number of methoxy groups -OCH3 is 1. The molecule has 1 heterocycles. The van der Waals surface area contributed by atoms with Gasteiger partial charge in [-0.2, -0.15) is 5.10 Å². The number of nitrogens with one attached hydrogen (secondary N) is 1. The Morgan fingerprint density at radius 1 is 1.43 bits per heavy atom. The highest BCUT2D eigenvalue weighted by Gasteiger charge is 2.18. The van der Waals surface area contributed by atoms with Crippen molar-refractivity contribution in [2.75, 3.05) is 19.0 Å². The molecule has 6 heteroatoms. The van der Waals surface area contributed by atoms with Crippen LogP contribution in [0.15, 0.2) is 11.0 Å². The minimum absolute atomic E-state index is 0.221. The van der Waals surface area contributed by atoms with Gasteiger partial charge in [0, 0.05) is 13.2 Å². The zero-order valence-corrected chi connectivity index (χ0v) is 13.5. The van der Waals surface area contributed by atoms with Crippen molar-refractivity contribution in [2.45, 2.75) is 51.6 Å². The molecule has 0 aliphatic heterocycles. The van der Waals surface area contributed by atoms with E-state index in [-0.39, 0.29) is 10.6 Å². The Kier molecular flexibility index (Phi) is 6.06. The fourth-order valence-corrected chi connectivity index (χ4v) is 2.95. The van der Waals surface area contributed by atoms with E-state index < -0.39 is 0 Å². The molecule has 1 aliphatic carbocycles. The largest absolute Gasteiger partial charge is 0.383 e. The highest BCUT2D eigenvalue weighted by atomic mass is 35.5. The minimum atomic E-state index is -0.263. The molecule has 2 rings (SSSR count). The number of hydrogen-bond acceptors (Lipinski definition) is 4. The van der Waals surface area contributed by atoms with E-state index in [1.54, 1.807) is 13.3 Å². The Morgan fingerprint density at radius 2 is 2.24 bits per heavy atom. The number of hydrogen-bond donors (Lipinski definition) is 1. The summed E-state index contributed by atoms with van der Waals surface area (Å²) in [5.41, 5.74) is 0.385. The first-order valence-corrected chi connectivity index (χ1v) is 8.00. The molecular weight excluding hydrogens is 290 g/mol. The maximum Gasteiger partial charge on any atom is 0.287 e. The second kappa shape index (κ2) is 7.80. The predicted molar refractivity (Wildman–Crippen MR) is 85.0 cm³/mol. The molecule has 21 heavy (non-hydrogen) atoms. The van der Waals surface area contributed by atoms with Gasteiger partial charge in [-0.05, 0) is 25.2 Å². The van der Waals surface area contributed by atoms with E-state index in [1.807, 2.05) is 0 Å². The lowest BCUT2D eigenvalue weighted by molar-refractivity contribution is 0.182. The number of ether oxygens (including phenoxy) is 1. The molecule has 5 nitrogen and oxygen atoms in total. The van der Waals surface area contributed by atoms with E-state index >= 15 is 0 Å². The van der Waals surface area contributed by atoms with Gasteiger partial charge < -0.3 is 10.1 Å². The average Bonchev–Trinajstić information content (AvgIpc) is 2.68. The zero-order chi connectivity index (χ0) is 15.2. The van der Waals surface area contributed by atoms with E-state index in [0.29, 0.717) is 24.9 Å². The fourth-order valence-electron chi connectivity index (χ4n) is 2.75. The smallest absolute Gasteiger partial charge is 0.287 e. The number of nitrogens with zero attached hydrogens (tertiary/aromatic N) is 2. The molecule has 2 unspecified atom stereocenters. The summed E-state index contributed by atoms with van der Waals surface area (Å²) in [7, 11) is 1.59. The van der Waals surface area contributed by atoms with Crippen LogP contribution in [0.3, 0.4) is 0 Å². The minimum Gasteiger partial charge on any atom is -0.383 e. The summed E-state index contributed by atoms with van der Waals surface area (Å²) in [4.78, 5) is 12.1. The second-order valence-electron chi connectivity index (χ2n) is 5.85. The Labute approximate surface area is 130 Å². The van der Waals surface area contributed by atoms with Crippen molar-refractivity contribution in [3.8, 4) is 0 Å². The quantitative estimate of drug-likeness (QED) is 0.849. The molecule has 1 saturated carbocycles. The Morgan fingerprint density at radius 3 is 3.00 bits per heavy atom. The molecule has 1 aromatic heterocycles. The maximum absolute atomic E-state index is 12.1. The first-order valence-electron chi connectivity index (χ1n) is 7.63. The molecule has 1 aromatic rings. The lowest BCUT2D eigenvalue weighted by Gasteiger charge is -2.18. The topological polar surface area (TPSA) is 56.1 Å². The van der Waals surface area contributed by atoms with Gasteiger partial charge in [0.2, 0.25) is 0 Å². The van der Waals surface area contributed by atoms with Crippen molar-refractivity contribution in [1.82, 2.24) is 9.78 Å². The standard InChI is InChI=1S/C15H24ClN3O2/c1-11-4-3-5-12(7-6-11)18-13-10-17-19(8-9-21-2)15(20)14(13)16/h10-12,18H,3-9H2,1-2H3. The van der Waals surface area contributed by atoms with Gasteiger partial charge in [0.1, 0.15) is 5.02 Å². The molecule has 0 bridgehead atoms. The summed E-state index contributed by atoms with van der Waals surface area (Å²) in [6.07, 6.45) is 7.59. The second-order valence-corrected chi connectivity index (χ2v) is 6.23. The molecule has 2 atom stereocenters. The summed E-state index contributed by atoms with van der Waals surface area (Å²) in [5, 5.41) is 7.77. The predicted octanol–water partition coefficient (Wildman–Crippen LogP) is 2.92. The molecule has 0 saturated heterocycles. The van der Waals surface area contributed by atoms with Gasteiger partial charge >= 0.3 is 0 Å². The van der Waals surface area contributed by atoms with Gasteiger partial charge in [0.25, 0.3) is 5.56 Å². The SMILES string of the molecule is COCCn1ncc(NC2CCCC(C)CC2)c(Cl)c1=O. The van der Waals surface area contributed by atoms with Crippen molar-refractivity contribution in [3.05, 3.63) is 21.6 Å². The molecule has 1 N–H and O–H groups in total. The molecule has 0 spiro atoms. The van der Waals surface area contributed by atoms with Crippen LogP contribution >= 0.6 is 11.6 Å². The van der Waals surface area contributed by atoms with Crippen molar-refractivity contribution >= 4 is 17.3 Å². The first-order chi connectivity index (χ1) is 10.1. The molecule has 1 fully saturated rings. The highest BCUT2D eigenvalue weighted by Crippen LogP contribution is 2.26. The summed E-state index contributed by atoms with van der Waals surface area (Å²) >= 11 is 6.19. The maximum atomic E-state index is 12.1. The van der Waals surface area contributed by atoms with E-state index in [9.17, 15) is 4.79 Å².